The van der Waals surface area contributed by atoms with E-state index in [4.69, 9.17) is 14.9 Å². The first kappa shape index (κ1) is 30.1. The number of nitrogens with zero attached hydrogens (tertiary/aromatic N) is 2. The third kappa shape index (κ3) is 5.25. The minimum Gasteiger partial charge on any atom is -0.456 e. The zero-order valence-corrected chi connectivity index (χ0v) is 26.2. The average Bonchev–Trinajstić information content (AvgIpc) is 3.47. The summed E-state index contributed by atoms with van der Waals surface area (Å²) < 4.78 is 11.9. The third-order valence-electron chi connectivity index (χ3n) is 8.42. The van der Waals surface area contributed by atoms with E-state index >= 15 is 0 Å². The number of carbonyl (C=O) groups excluding carboxylic acids is 4. The second kappa shape index (κ2) is 10.9. The van der Waals surface area contributed by atoms with Crippen LogP contribution in [0.15, 0.2) is 66.4 Å². The molecular weight excluding hydrogens is 594 g/mol. The van der Waals surface area contributed by atoms with Crippen LogP contribution in [-0.2, 0) is 25.4 Å². The molecule has 3 aromatic carbocycles. The molecule has 1 aliphatic carbocycles. The van der Waals surface area contributed by atoms with Crippen molar-refractivity contribution in [1.82, 2.24) is 4.90 Å². The monoisotopic (exact) mass is 625 g/mol. The summed E-state index contributed by atoms with van der Waals surface area (Å²) in [7, 11) is -1.97. The maximum atomic E-state index is 13.7. The number of nitro benzene ring substituents is 1. The van der Waals surface area contributed by atoms with Crippen LogP contribution >= 0.6 is 0 Å². The van der Waals surface area contributed by atoms with Crippen LogP contribution in [0.25, 0.3) is 16.7 Å². The number of hydrogen-bond acceptors (Lipinski definition) is 8. The summed E-state index contributed by atoms with van der Waals surface area (Å²) >= 11 is 0. The molecule has 2 amide bonds. The highest BCUT2D eigenvalue weighted by Crippen LogP contribution is 2.49. The zero-order valence-electron chi connectivity index (χ0n) is 25.2. The van der Waals surface area contributed by atoms with Crippen LogP contribution in [0.4, 0.5) is 5.69 Å². The average molecular weight is 626 g/mol. The molecule has 3 aromatic rings. The minimum absolute atomic E-state index is 0.0832. The lowest BCUT2D eigenvalue weighted by molar-refractivity contribution is -0.384. The van der Waals surface area contributed by atoms with Gasteiger partial charge >= 0.3 is 5.97 Å². The highest BCUT2D eigenvalue weighted by Gasteiger charge is 2.58. The number of benzene rings is 3. The third-order valence-corrected chi connectivity index (χ3v) is 9.49. The molecule has 3 aliphatic rings. The van der Waals surface area contributed by atoms with Crippen LogP contribution < -0.4 is 5.73 Å². The van der Waals surface area contributed by atoms with Gasteiger partial charge in [0.25, 0.3) is 5.69 Å². The van der Waals surface area contributed by atoms with Crippen LogP contribution in [0.1, 0.15) is 50.8 Å². The van der Waals surface area contributed by atoms with Crippen molar-refractivity contribution in [3.63, 3.8) is 0 Å². The van der Waals surface area contributed by atoms with Crippen LogP contribution in [0.2, 0.25) is 19.6 Å². The van der Waals surface area contributed by atoms with Crippen molar-refractivity contribution in [3.8, 4) is 11.1 Å². The summed E-state index contributed by atoms with van der Waals surface area (Å²) in [5.74, 6) is -2.17. The molecule has 11 nitrogen and oxygen atoms in total. The van der Waals surface area contributed by atoms with Crippen LogP contribution in [-0.4, -0.2) is 53.9 Å². The van der Waals surface area contributed by atoms with Crippen molar-refractivity contribution in [2.75, 3.05) is 0 Å². The van der Waals surface area contributed by atoms with Crippen molar-refractivity contribution in [3.05, 3.63) is 104 Å². The summed E-state index contributed by atoms with van der Waals surface area (Å²) in [6.07, 6.45) is 0.0254. The van der Waals surface area contributed by atoms with Crippen molar-refractivity contribution >= 4 is 43.1 Å². The quantitative estimate of drug-likeness (QED) is 0.0910. The van der Waals surface area contributed by atoms with Gasteiger partial charge < -0.3 is 19.8 Å². The van der Waals surface area contributed by atoms with Gasteiger partial charge in [0.05, 0.1) is 23.0 Å². The molecule has 45 heavy (non-hydrogen) atoms. The van der Waals surface area contributed by atoms with Gasteiger partial charge in [0, 0.05) is 28.8 Å². The van der Waals surface area contributed by atoms with Gasteiger partial charge in [-0.15, -0.1) is 0 Å². The van der Waals surface area contributed by atoms with E-state index in [-0.39, 0.29) is 47.4 Å². The van der Waals surface area contributed by atoms with Gasteiger partial charge in [-0.1, -0.05) is 6.07 Å². The van der Waals surface area contributed by atoms with Gasteiger partial charge in [-0.05, 0) is 103 Å². The Balaban J connectivity index is 1.37. The molecule has 1 fully saturated rings. The van der Waals surface area contributed by atoms with Gasteiger partial charge in [-0.3, -0.25) is 24.5 Å². The summed E-state index contributed by atoms with van der Waals surface area (Å²) in [5.41, 5.74) is 9.69. The number of ketones is 1. The number of ether oxygens (including phenoxy) is 1. The smallest absolute Gasteiger partial charge is 0.355 e. The molecule has 0 aromatic heterocycles. The lowest BCUT2D eigenvalue weighted by atomic mass is 9.82. The number of nitrogens with two attached hydrogens (primary N) is 1. The second-order valence-electron chi connectivity index (χ2n) is 12.5. The van der Waals surface area contributed by atoms with Crippen LogP contribution in [0.5, 0.6) is 0 Å². The molecule has 2 N–H and O–H groups in total. The van der Waals surface area contributed by atoms with E-state index in [1.54, 1.807) is 30.3 Å². The number of hydrogen-bond donors (Lipinski definition) is 1. The fourth-order valence-electron chi connectivity index (χ4n) is 6.48. The van der Waals surface area contributed by atoms with Gasteiger partial charge in [0.1, 0.15) is 12.3 Å². The van der Waals surface area contributed by atoms with Crippen molar-refractivity contribution in [2.24, 2.45) is 11.7 Å². The first-order valence-electron chi connectivity index (χ1n) is 14.5. The van der Waals surface area contributed by atoms with Crippen molar-refractivity contribution in [1.29, 1.82) is 0 Å². The Morgan fingerprint density at radius 2 is 1.64 bits per heavy atom. The summed E-state index contributed by atoms with van der Waals surface area (Å²) in [6, 6.07) is 15.3. The molecule has 0 radical (unpaired) electrons. The summed E-state index contributed by atoms with van der Waals surface area (Å²) in [6.45, 7) is 7.89. The van der Waals surface area contributed by atoms with E-state index in [0.717, 1.165) is 0 Å². The summed E-state index contributed by atoms with van der Waals surface area (Å²) in [5, 5.41) is 11.0. The number of β-lactam (4-membered cyclic amide) rings is 1. The predicted octanol–water partition coefficient (Wildman–Crippen LogP) is 4.83. The minimum atomic E-state index is -1.97. The Morgan fingerprint density at radius 3 is 2.27 bits per heavy atom. The Hall–Kier alpha value is -4.94. The number of nitro groups is 1. The van der Waals surface area contributed by atoms with E-state index in [0.29, 0.717) is 45.4 Å². The molecule has 2 aliphatic heterocycles. The van der Waals surface area contributed by atoms with Crippen LogP contribution in [0.3, 0.4) is 0 Å². The standard InChI is InChI=1S/C33H31N3O8Si/c1-17(44-45(2,3)4)28-27-15-24(19-7-11-22-25(13-19)26-14-20(31(34)38)8-12-23(26)30(22)37)29(35(27)32(28)39)33(40)43-16-18-5-9-21(10-6-18)36(41)42/h5-14,17,27-28H,15-16H2,1-4H3,(H2,34,38)/t17-,27-,28-/m1/s1. The summed E-state index contributed by atoms with van der Waals surface area (Å²) in [4.78, 5) is 64.3. The molecule has 2 heterocycles. The van der Waals surface area contributed by atoms with Crippen LogP contribution in [0, 0.1) is 16.0 Å². The maximum absolute atomic E-state index is 13.7. The highest BCUT2D eigenvalue weighted by atomic mass is 28.4. The van der Waals surface area contributed by atoms with E-state index in [1.165, 1.54) is 35.2 Å². The maximum Gasteiger partial charge on any atom is 0.355 e. The number of rotatable bonds is 9. The molecule has 1 saturated heterocycles. The lowest BCUT2D eigenvalue weighted by Crippen LogP contribution is -2.63. The number of fused-ring (bicyclic) bond motifs is 4. The zero-order chi connectivity index (χ0) is 32.4. The number of carbonyl (C=O) groups is 4. The van der Waals surface area contributed by atoms with Gasteiger partial charge in [-0.2, -0.15) is 0 Å². The number of amides is 2. The molecule has 0 bridgehead atoms. The molecule has 0 unspecified atom stereocenters. The van der Waals surface area contributed by atoms with E-state index < -0.39 is 31.0 Å². The Bertz CT molecular complexity index is 1840. The van der Waals surface area contributed by atoms with E-state index in [2.05, 4.69) is 19.6 Å². The van der Waals surface area contributed by atoms with E-state index in [1.807, 2.05) is 6.92 Å². The first-order valence-corrected chi connectivity index (χ1v) is 17.9. The lowest BCUT2D eigenvalue weighted by Gasteiger charge is -2.47. The number of primary amides is 1. The SMILES string of the molecule is C[C@@H](O[Si](C)(C)C)[C@H]1C(=O)N2C(C(=O)OCc3ccc([N+](=O)[O-])cc3)=C(c3ccc4c(c3)-c3cc(C(N)=O)ccc3C4=O)C[C@H]12. The first-order chi connectivity index (χ1) is 21.2. The largest absolute Gasteiger partial charge is 0.456 e. The molecule has 0 spiro atoms. The highest BCUT2D eigenvalue weighted by molar-refractivity contribution is 6.69. The van der Waals surface area contributed by atoms with Gasteiger partial charge in [0.15, 0.2) is 14.1 Å². The topological polar surface area (TPSA) is 159 Å². The Morgan fingerprint density at radius 1 is 1.00 bits per heavy atom. The molecule has 6 rings (SSSR count). The molecular formula is C33H31N3O8Si. The second-order valence-corrected chi connectivity index (χ2v) is 16.9. The van der Waals surface area contributed by atoms with E-state index in [9.17, 15) is 29.3 Å². The Labute approximate surface area is 259 Å². The molecule has 230 valence electrons. The predicted molar refractivity (Wildman–Crippen MR) is 166 cm³/mol. The van der Waals surface area contributed by atoms with Crippen molar-refractivity contribution < 1.29 is 33.3 Å². The number of non-ortho nitro benzene ring substituents is 1. The molecule has 0 saturated carbocycles. The Kier molecular flexibility index (Phi) is 7.29. The normalized spacial score (nSPS) is 19.1. The molecule has 3 atom stereocenters. The number of esters is 1. The molecule has 12 heteroatoms. The van der Waals surface area contributed by atoms with Gasteiger partial charge in [0.2, 0.25) is 11.8 Å². The fraction of sp³-hybridized carbons (Fsp3) is 0.273. The van der Waals surface area contributed by atoms with Gasteiger partial charge in [-0.25, -0.2) is 4.79 Å². The van der Waals surface area contributed by atoms with Crippen molar-refractivity contribution in [2.45, 2.75) is 51.7 Å². The fourth-order valence-corrected chi connectivity index (χ4v) is 7.74.